The third kappa shape index (κ3) is 5.99. The van der Waals surface area contributed by atoms with Crippen molar-refractivity contribution < 1.29 is 4.74 Å². The summed E-state index contributed by atoms with van der Waals surface area (Å²) in [6.07, 6.45) is 0. The van der Waals surface area contributed by atoms with Gasteiger partial charge < -0.3 is 20.3 Å². The van der Waals surface area contributed by atoms with E-state index in [0.717, 1.165) is 35.3 Å². The van der Waals surface area contributed by atoms with Crippen LogP contribution in [0.5, 0.6) is 5.75 Å². The first-order valence-electron chi connectivity index (χ1n) is 8.40. The molecule has 1 aromatic carbocycles. The van der Waals surface area contributed by atoms with E-state index in [4.69, 9.17) is 4.74 Å². The first-order chi connectivity index (χ1) is 12.1. The van der Waals surface area contributed by atoms with E-state index in [1.807, 2.05) is 61.5 Å². The number of benzene rings is 1. The predicted molar refractivity (Wildman–Crippen MR) is 103 cm³/mol. The lowest BCUT2D eigenvalue weighted by atomic mass is 10.2. The number of guanidine groups is 1. The molecule has 2 aromatic rings. The van der Waals surface area contributed by atoms with Crippen LogP contribution in [0.25, 0.3) is 0 Å². The van der Waals surface area contributed by atoms with Gasteiger partial charge in [0.05, 0.1) is 25.9 Å². The fourth-order valence-corrected chi connectivity index (χ4v) is 2.23. The molecule has 1 heterocycles. The molecule has 0 unspecified atom stereocenters. The third-order valence-electron chi connectivity index (χ3n) is 3.61. The highest BCUT2D eigenvalue weighted by atomic mass is 16.5. The van der Waals surface area contributed by atoms with Crippen molar-refractivity contribution in [3.8, 4) is 5.75 Å². The van der Waals surface area contributed by atoms with Gasteiger partial charge in [-0.25, -0.2) is 9.98 Å². The predicted octanol–water partition coefficient (Wildman–Crippen LogP) is 2.41. The maximum absolute atomic E-state index is 5.18. The highest BCUT2D eigenvalue weighted by Gasteiger charge is 2.02. The molecule has 2 N–H and O–H groups in total. The van der Waals surface area contributed by atoms with Crippen molar-refractivity contribution >= 4 is 11.8 Å². The quantitative estimate of drug-likeness (QED) is 0.598. The number of anilines is 1. The lowest BCUT2D eigenvalue weighted by Gasteiger charge is -2.14. The minimum atomic E-state index is 0.602. The van der Waals surface area contributed by atoms with E-state index >= 15 is 0 Å². The lowest BCUT2D eigenvalue weighted by Crippen LogP contribution is -2.37. The van der Waals surface area contributed by atoms with Crippen molar-refractivity contribution in [2.45, 2.75) is 20.0 Å². The Kier molecular flexibility index (Phi) is 7.07. The number of aromatic nitrogens is 1. The van der Waals surface area contributed by atoms with Gasteiger partial charge in [-0.2, -0.15) is 0 Å². The molecule has 1 aromatic heterocycles. The van der Waals surface area contributed by atoms with E-state index in [1.54, 1.807) is 7.11 Å². The van der Waals surface area contributed by atoms with Crippen LogP contribution in [-0.4, -0.2) is 38.7 Å². The van der Waals surface area contributed by atoms with Gasteiger partial charge in [0.15, 0.2) is 5.96 Å². The van der Waals surface area contributed by atoms with Gasteiger partial charge in [0.1, 0.15) is 11.6 Å². The molecule has 0 spiro atoms. The van der Waals surface area contributed by atoms with E-state index in [9.17, 15) is 0 Å². The number of aliphatic imine (C=N–C) groups is 1. The Labute approximate surface area is 149 Å². The Morgan fingerprint density at radius 2 is 1.88 bits per heavy atom. The van der Waals surface area contributed by atoms with Gasteiger partial charge in [-0.05, 0) is 36.8 Å². The lowest BCUT2D eigenvalue weighted by molar-refractivity contribution is 0.414. The van der Waals surface area contributed by atoms with Crippen LogP contribution in [0.1, 0.15) is 18.2 Å². The number of hydrogen-bond donors (Lipinski definition) is 2. The van der Waals surface area contributed by atoms with Crippen molar-refractivity contribution in [2.24, 2.45) is 4.99 Å². The topological polar surface area (TPSA) is 61.8 Å². The van der Waals surface area contributed by atoms with Crippen LogP contribution in [0.4, 0.5) is 5.82 Å². The van der Waals surface area contributed by atoms with Crippen molar-refractivity contribution in [1.29, 1.82) is 0 Å². The molecule has 0 saturated heterocycles. The van der Waals surface area contributed by atoms with E-state index in [1.165, 1.54) is 0 Å². The zero-order chi connectivity index (χ0) is 18.1. The van der Waals surface area contributed by atoms with Gasteiger partial charge >= 0.3 is 0 Å². The van der Waals surface area contributed by atoms with Crippen LogP contribution < -0.4 is 20.3 Å². The van der Waals surface area contributed by atoms with Gasteiger partial charge in [-0.1, -0.05) is 18.2 Å². The molecule has 0 saturated carbocycles. The monoisotopic (exact) mass is 341 g/mol. The zero-order valence-corrected chi connectivity index (χ0v) is 15.4. The number of hydrogen-bond acceptors (Lipinski definition) is 4. The summed E-state index contributed by atoms with van der Waals surface area (Å²) in [5.74, 6) is 2.57. The second kappa shape index (κ2) is 9.52. The number of ether oxygens (including phenoxy) is 1. The number of pyridine rings is 1. The van der Waals surface area contributed by atoms with Crippen molar-refractivity contribution in [1.82, 2.24) is 15.6 Å². The van der Waals surface area contributed by atoms with Gasteiger partial charge in [-0.3, -0.25) is 0 Å². The van der Waals surface area contributed by atoms with E-state index in [-0.39, 0.29) is 0 Å². The van der Waals surface area contributed by atoms with E-state index in [0.29, 0.717) is 13.1 Å². The summed E-state index contributed by atoms with van der Waals surface area (Å²) in [6.45, 7) is 4.08. The molecule has 25 heavy (non-hydrogen) atoms. The van der Waals surface area contributed by atoms with E-state index in [2.05, 4.69) is 27.5 Å². The Hall–Kier alpha value is -2.76. The number of rotatable bonds is 7. The highest BCUT2D eigenvalue weighted by molar-refractivity contribution is 5.79. The molecule has 0 amide bonds. The average molecular weight is 341 g/mol. The standard InChI is InChI=1S/C19H27N5O/c1-5-20-19(21-13-15-9-11-17(25-4)12-10-15)22-14-16-7-6-8-18(23-16)24(2)3/h6-12H,5,13-14H2,1-4H3,(H2,20,21,22). The van der Waals surface area contributed by atoms with Gasteiger partial charge in [0.25, 0.3) is 0 Å². The summed E-state index contributed by atoms with van der Waals surface area (Å²) in [5, 5.41) is 6.59. The molecule has 0 fully saturated rings. The summed E-state index contributed by atoms with van der Waals surface area (Å²) in [7, 11) is 5.64. The largest absolute Gasteiger partial charge is 0.497 e. The minimum Gasteiger partial charge on any atom is -0.497 e. The number of nitrogens with one attached hydrogen (secondary N) is 2. The van der Waals surface area contributed by atoms with Crippen LogP contribution >= 0.6 is 0 Å². The Morgan fingerprint density at radius 1 is 1.12 bits per heavy atom. The molecule has 6 heteroatoms. The molecule has 0 aliphatic rings. The molecule has 0 radical (unpaired) electrons. The Bertz CT molecular complexity index is 682. The second-order valence-electron chi connectivity index (χ2n) is 5.78. The first-order valence-corrected chi connectivity index (χ1v) is 8.40. The van der Waals surface area contributed by atoms with Crippen LogP contribution in [0.3, 0.4) is 0 Å². The maximum atomic E-state index is 5.18. The minimum absolute atomic E-state index is 0.602. The summed E-state index contributed by atoms with van der Waals surface area (Å²) < 4.78 is 5.18. The number of methoxy groups -OCH3 is 1. The first kappa shape index (κ1) is 18.6. The molecule has 0 atom stereocenters. The molecule has 0 aliphatic heterocycles. The zero-order valence-electron chi connectivity index (χ0n) is 15.4. The van der Waals surface area contributed by atoms with Crippen LogP contribution in [-0.2, 0) is 13.1 Å². The van der Waals surface area contributed by atoms with Gasteiger partial charge in [-0.15, -0.1) is 0 Å². The van der Waals surface area contributed by atoms with Crippen LogP contribution in [0.15, 0.2) is 47.5 Å². The van der Waals surface area contributed by atoms with Gasteiger partial charge in [0, 0.05) is 20.6 Å². The van der Waals surface area contributed by atoms with Crippen LogP contribution in [0, 0.1) is 0 Å². The van der Waals surface area contributed by atoms with Crippen LogP contribution in [0.2, 0.25) is 0 Å². The molecule has 6 nitrogen and oxygen atoms in total. The normalized spacial score (nSPS) is 11.1. The van der Waals surface area contributed by atoms with Crippen molar-refractivity contribution in [3.05, 3.63) is 53.7 Å². The smallest absolute Gasteiger partial charge is 0.191 e. The Balaban J connectivity index is 1.98. The van der Waals surface area contributed by atoms with Crippen molar-refractivity contribution in [3.63, 3.8) is 0 Å². The van der Waals surface area contributed by atoms with Crippen molar-refractivity contribution in [2.75, 3.05) is 32.6 Å². The number of nitrogens with zero attached hydrogens (tertiary/aromatic N) is 3. The maximum Gasteiger partial charge on any atom is 0.191 e. The molecular formula is C19H27N5O. The third-order valence-corrected chi connectivity index (χ3v) is 3.61. The summed E-state index contributed by atoms with van der Waals surface area (Å²) in [6, 6.07) is 14.0. The van der Waals surface area contributed by atoms with E-state index < -0.39 is 0 Å². The summed E-state index contributed by atoms with van der Waals surface area (Å²) in [5.41, 5.74) is 2.10. The molecule has 0 aliphatic carbocycles. The SMILES string of the molecule is CCNC(=NCc1ccc(OC)cc1)NCc1cccc(N(C)C)n1. The summed E-state index contributed by atoms with van der Waals surface area (Å²) >= 11 is 0. The highest BCUT2D eigenvalue weighted by Crippen LogP contribution is 2.12. The fourth-order valence-electron chi connectivity index (χ4n) is 2.23. The molecule has 2 rings (SSSR count). The van der Waals surface area contributed by atoms with Gasteiger partial charge in [0.2, 0.25) is 0 Å². The molecule has 0 bridgehead atoms. The summed E-state index contributed by atoms with van der Waals surface area (Å²) in [4.78, 5) is 11.2. The fraction of sp³-hybridized carbons (Fsp3) is 0.368. The Morgan fingerprint density at radius 3 is 2.52 bits per heavy atom. The molecular weight excluding hydrogens is 314 g/mol. The average Bonchev–Trinajstić information content (AvgIpc) is 2.64. The molecule has 134 valence electrons. The second-order valence-corrected chi connectivity index (χ2v) is 5.78.